The van der Waals surface area contributed by atoms with Gasteiger partial charge >= 0.3 is 0 Å². The van der Waals surface area contributed by atoms with Crippen LogP contribution in [0.25, 0.3) is 0 Å². The Kier molecular flexibility index (Phi) is 9.23. The van der Waals surface area contributed by atoms with Gasteiger partial charge in [-0.15, -0.1) is 0 Å². The van der Waals surface area contributed by atoms with Crippen LogP contribution in [0.15, 0.2) is 48.5 Å². The number of benzene rings is 2. The lowest BCUT2D eigenvalue weighted by Gasteiger charge is -2.20. The molecule has 172 valence electrons. The van der Waals surface area contributed by atoms with E-state index in [0.717, 1.165) is 29.5 Å². The van der Waals surface area contributed by atoms with Gasteiger partial charge in [-0.1, -0.05) is 48.5 Å². The lowest BCUT2D eigenvalue weighted by molar-refractivity contribution is -0.118. The third-order valence-electron chi connectivity index (χ3n) is 4.94. The van der Waals surface area contributed by atoms with Crippen LogP contribution in [0.2, 0.25) is 5.02 Å². The van der Waals surface area contributed by atoms with Crippen molar-refractivity contribution in [2.24, 2.45) is 0 Å². The van der Waals surface area contributed by atoms with Crippen molar-refractivity contribution >= 4 is 34.5 Å². The third kappa shape index (κ3) is 7.70. The number of nitrogens with one attached hydrogen (secondary N) is 2. The van der Waals surface area contributed by atoms with E-state index in [1.165, 1.54) is 0 Å². The SMILES string of the molecule is CCC(COc1ccc(CC2SC(=O)NC2=O)cc1)NCC(O)COc1cccc(Cl)c1. The number of carbonyl (C=O) groups is 2. The van der Waals surface area contributed by atoms with E-state index >= 15 is 0 Å². The number of aliphatic hydroxyl groups excluding tert-OH is 1. The smallest absolute Gasteiger partial charge is 0.286 e. The summed E-state index contributed by atoms with van der Waals surface area (Å²) in [6.07, 6.45) is 0.665. The fraction of sp³-hybridized carbons (Fsp3) is 0.391. The van der Waals surface area contributed by atoms with Gasteiger partial charge in [0.1, 0.15) is 30.8 Å². The van der Waals surface area contributed by atoms with Gasteiger partial charge in [0.05, 0.1) is 5.25 Å². The molecule has 1 fully saturated rings. The van der Waals surface area contributed by atoms with Crippen LogP contribution < -0.4 is 20.1 Å². The number of halogens is 1. The molecule has 0 aromatic heterocycles. The number of amides is 2. The summed E-state index contributed by atoms with van der Waals surface area (Å²) < 4.78 is 11.4. The molecule has 3 rings (SSSR count). The highest BCUT2D eigenvalue weighted by molar-refractivity contribution is 8.15. The second-order valence-electron chi connectivity index (χ2n) is 7.48. The molecule has 2 aromatic rings. The summed E-state index contributed by atoms with van der Waals surface area (Å²) >= 11 is 6.95. The van der Waals surface area contributed by atoms with Crippen LogP contribution in [-0.2, 0) is 11.2 Å². The Morgan fingerprint density at radius 2 is 1.88 bits per heavy atom. The van der Waals surface area contributed by atoms with Crippen molar-refractivity contribution in [3.05, 3.63) is 59.1 Å². The summed E-state index contributed by atoms with van der Waals surface area (Å²) in [6, 6.07) is 14.6. The van der Waals surface area contributed by atoms with Gasteiger partial charge in [-0.3, -0.25) is 14.9 Å². The first kappa shape index (κ1) is 24.4. The molecule has 0 radical (unpaired) electrons. The first-order valence-electron chi connectivity index (χ1n) is 10.5. The van der Waals surface area contributed by atoms with Crippen LogP contribution in [0.4, 0.5) is 4.79 Å². The number of imide groups is 1. The topological polar surface area (TPSA) is 96.9 Å². The highest BCUT2D eigenvalue weighted by Crippen LogP contribution is 2.24. The van der Waals surface area contributed by atoms with Crippen molar-refractivity contribution in [1.29, 1.82) is 0 Å². The highest BCUT2D eigenvalue weighted by atomic mass is 35.5. The molecule has 0 spiro atoms. The van der Waals surface area contributed by atoms with Gasteiger partial charge in [-0.05, 0) is 48.7 Å². The van der Waals surface area contributed by atoms with E-state index in [4.69, 9.17) is 21.1 Å². The minimum absolute atomic E-state index is 0.0695. The van der Waals surface area contributed by atoms with E-state index in [1.54, 1.807) is 24.3 Å². The molecule has 0 aliphatic carbocycles. The Balaban J connectivity index is 1.38. The Morgan fingerprint density at radius 3 is 2.53 bits per heavy atom. The van der Waals surface area contributed by atoms with Crippen LogP contribution in [-0.4, -0.2) is 53.4 Å². The molecule has 3 N–H and O–H groups in total. The van der Waals surface area contributed by atoms with Crippen LogP contribution in [0.1, 0.15) is 18.9 Å². The van der Waals surface area contributed by atoms with Gasteiger partial charge in [-0.2, -0.15) is 0 Å². The molecule has 1 heterocycles. The highest BCUT2D eigenvalue weighted by Gasteiger charge is 2.31. The molecule has 32 heavy (non-hydrogen) atoms. The fourth-order valence-electron chi connectivity index (χ4n) is 3.09. The lowest BCUT2D eigenvalue weighted by atomic mass is 10.1. The molecule has 0 bridgehead atoms. The van der Waals surface area contributed by atoms with Crippen molar-refractivity contribution in [3.8, 4) is 11.5 Å². The van der Waals surface area contributed by atoms with Gasteiger partial charge in [-0.25, -0.2) is 0 Å². The molecule has 3 atom stereocenters. The quantitative estimate of drug-likeness (QED) is 0.430. The first-order chi connectivity index (χ1) is 15.4. The van der Waals surface area contributed by atoms with Crippen molar-refractivity contribution < 1.29 is 24.2 Å². The Morgan fingerprint density at radius 1 is 1.12 bits per heavy atom. The lowest BCUT2D eigenvalue weighted by Crippen LogP contribution is -2.40. The van der Waals surface area contributed by atoms with Crippen molar-refractivity contribution in [3.63, 3.8) is 0 Å². The van der Waals surface area contributed by atoms with Gasteiger partial charge in [0.15, 0.2) is 0 Å². The average Bonchev–Trinajstić information content (AvgIpc) is 3.10. The number of thioether (sulfide) groups is 1. The van der Waals surface area contributed by atoms with E-state index in [2.05, 4.69) is 10.6 Å². The second-order valence-corrected chi connectivity index (χ2v) is 9.09. The number of ether oxygens (including phenoxy) is 2. The molecule has 1 aliphatic rings. The largest absolute Gasteiger partial charge is 0.492 e. The van der Waals surface area contributed by atoms with Gasteiger partial charge in [0.2, 0.25) is 5.91 Å². The molecule has 2 amide bonds. The van der Waals surface area contributed by atoms with Crippen molar-refractivity contribution in [2.45, 2.75) is 37.2 Å². The minimum Gasteiger partial charge on any atom is -0.492 e. The summed E-state index contributed by atoms with van der Waals surface area (Å²) in [5.74, 6) is 1.10. The summed E-state index contributed by atoms with van der Waals surface area (Å²) in [5, 5.41) is 15.7. The number of aliphatic hydroxyl groups is 1. The normalized spacial score (nSPS) is 17.7. The number of carbonyl (C=O) groups excluding carboxylic acids is 2. The monoisotopic (exact) mass is 478 g/mol. The molecular formula is C23H27ClN2O5S. The van der Waals surface area contributed by atoms with Crippen LogP contribution >= 0.6 is 23.4 Å². The summed E-state index contributed by atoms with van der Waals surface area (Å²) in [5.41, 5.74) is 0.965. The number of hydrogen-bond donors (Lipinski definition) is 3. The van der Waals surface area contributed by atoms with E-state index in [-0.39, 0.29) is 29.0 Å². The predicted molar refractivity (Wildman–Crippen MR) is 126 cm³/mol. The number of rotatable bonds is 12. The summed E-state index contributed by atoms with van der Waals surface area (Å²) in [7, 11) is 0. The fourth-order valence-corrected chi connectivity index (χ4v) is 4.13. The predicted octanol–water partition coefficient (Wildman–Crippen LogP) is 3.42. The van der Waals surface area contributed by atoms with E-state index in [1.807, 2.05) is 31.2 Å². The molecule has 2 aromatic carbocycles. The van der Waals surface area contributed by atoms with Gasteiger partial charge in [0.25, 0.3) is 5.24 Å². The van der Waals surface area contributed by atoms with E-state index in [9.17, 15) is 14.7 Å². The molecule has 3 unspecified atom stereocenters. The van der Waals surface area contributed by atoms with E-state index in [0.29, 0.717) is 30.3 Å². The zero-order chi connectivity index (χ0) is 22.9. The molecular weight excluding hydrogens is 452 g/mol. The maximum Gasteiger partial charge on any atom is 0.286 e. The standard InChI is InChI=1S/C23H27ClN2O5S/c1-2-17(25-12-18(27)14-31-20-5-3-4-16(24)11-20)13-30-19-8-6-15(7-9-19)10-21-22(28)26-23(29)32-21/h3-9,11,17-18,21,25,27H,2,10,12-14H2,1H3,(H,26,28,29). The van der Waals surface area contributed by atoms with Gasteiger partial charge in [0, 0.05) is 17.6 Å². The van der Waals surface area contributed by atoms with Gasteiger partial charge < -0.3 is 19.9 Å². The first-order valence-corrected chi connectivity index (χ1v) is 11.7. The summed E-state index contributed by atoms with van der Waals surface area (Å²) in [6.45, 7) is 3.04. The third-order valence-corrected chi connectivity index (χ3v) is 6.15. The summed E-state index contributed by atoms with van der Waals surface area (Å²) in [4.78, 5) is 23.0. The molecule has 7 nitrogen and oxygen atoms in total. The molecule has 1 saturated heterocycles. The minimum atomic E-state index is -0.667. The van der Waals surface area contributed by atoms with Crippen LogP contribution in [0, 0.1) is 0 Å². The Labute approximate surface area is 196 Å². The zero-order valence-corrected chi connectivity index (χ0v) is 19.3. The Bertz CT molecular complexity index is 912. The van der Waals surface area contributed by atoms with Crippen molar-refractivity contribution in [1.82, 2.24) is 10.6 Å². The maximum absolute atomic E-state index is 11.7. The van der Waals surface area contributed by atoms with Crippen LogP contribution in [0.5, 0.6) is 11.5 Å². The van der Waals surface area contributed by atoms with Crippen LogP contribution in [0.3, 0.4) is 0 Å². The zero-order valence-electron chi connectivity index (χ0n) is 17.8. The molecule has 9 heteroatoms. The average molecular weight is 479 g/mol. The van der Waals surface area contributed by atoms with Crippen molar-refractivity contribution in [2.75, 3.05) is 19.8 Å². The second kappa shape index (κ2) is 12.1. The number of hydrogen-bond acceptors (Lipinski definition) is 7. The molecule has 1 aliphatic heterocycles. The molecule has 0 saturated carbocycles. The Hall–Kier alpha value is -2.26. The maximum atomic E-state index is 11.7. The van der Waals surface area contributed by atoms with E-state index < -0.39 is 6.10 Å².